The Balaban J connectivity index is 1.99. The fourth-order valence-corrected chi connectivity index (χ4v) is 2.99. The first-order chi connectivity index (χ1) is 10.5. The van der Waals surface area contributed by atoms with Gasteiger partial charge in [0.1, 0.15) is 11.4 Å². The van der Waals surface area contributed by atoms with E-state index < -0.39 is 0 Å². The molecule has 5 nitrogen and oxygen atoms in total. The van der Waals surface area contributed by atoms with Crippen LogP contribution >= 0.6 is 0 Å². The number of hydrogen-bond donors (Lipinski definition) is 1. The zero-order valence-corrected chi connectivity index (χ0v) is 13.2. The van der Waals surface area contributed by atoms with E-state index in [0.29, 0.717) is 12.2 Å². The number of hydrogen-bond acceptors (Lipinski definition) is 4. The van der Waals surface area contributed by atoms with Crippen molar-refractivity contribution in [3.63, 3.8) is 0 Å². The van der Waals surface area contributed by atoms with Crippen LogP contribution in [0.3, 0.4) is 0 Å². The number of rotatable bonds is 3. The Morgan fingerprint density at radius 1 is 1.41 bits per heavy atom. The maximum atomic E-state index is 12.1. The quantitative estimate of drug-likeness (QED) is 0.883. The Morgan fingerprint density at radius 3 is 2.82 bits per heavy atom. The van der Waals surface area contributed by atoms with Gasteiger partial charge >= 0.3 is 5.97 Å². The minimum atomic E-state index is -0.333. The van der Waals surface area contributed by atoms with Crippen LogP contribution in [0.15, 0.2) is 36.5 Å². The first kappa shape index (κ1) is 14.6. The first-order valence-corrected chi connectivity index (χ1v) is 7.60. The molecule has 0 saturated heterocycles. The zero-order chi connectivity index (χ0) is 15.7. The van der Waals surface area contributed by atoms with Gasteiger partial charge in [-0.15, -0.1) is 0 Å². The van der Waals surface area contributed by atoms with Gasteiger partial charge in [-0.3, -0.25) is 0 Å². The van der Waals surface area contributed by atoms with Crippen molar-refractivity contribution < 1.29 is 9.53 Å². The van der Waals surface area contributed by atoms with Crippen LogP contribution in [0.4, 0.5) is 5.82 Å². The summed E-state index contributed by atoms with van der Waals surface area (Å²) in [6.45, 7) is 6.43. The smallest absolute Gasteiger partial charge is 0.343 e. The molecule has 0 radical (unpaired) electrons. The van der Waals surface area contributed by atoms with Gasteiger partial charge in [0, 0.05) is 0 Å². The van der Waals surface area contributed by atoms with Crippen molar-refractivity contribution in [2.45, 2.75) is 38.8 Å². The standard InChI is InChI=1S/C17H21N3O2/c1-4-22-16(21)13-11-18-20-15(13)19-14(10-17(20,2)3)12-8-6-5-7-9-12/h5-9,11,14,19H,4,10H2,1-3H3/t14-/m0/s1. The first-order valence-electron chi connectivity index (χ1n) is 7.60. The van der Waals surface area contributed by atoms with E-state index in [1.807, 2.05) is 22.9 Å². The molecule has 22 heavy (non-hydrogen) atoms. The summed E-state index contributed by atoms with van der Waals surface area (Å²) >= 11 is 0. The van der Waals surface area contributed by atoms with Gasteiger partial charge in [-0.2, -0.15) is 5.10 Å². The van der Waals surface area contributed by atoms with Crippen molar-refractivity contribution in [3.8, 4) is 0 Å². The van der Waals surface area contributed by atoms with Gasteiger partial charge in [0.05, 0.1) is 24.4 Å². The summed E-state index contributed by atoms with van der Waals surface area (Å²) in [7, 11) is 0. The van der Waals surface area contributed by atoms with E-state index >= 15 is 0 Å². The van der Waals surface area contributed by atoms with Gasteiger partial charge in [-0.05, 0) is 32.8 Å². The van der Waals surface area contributed by atoms with Crippen molar-refractivity contribution in [1.82, 2.24) is 9.78 Å². The molecule has 2 heterocycles. The van der Waals surface area contributed by atoms with Gasteiger partial charge in [-0.1, -0.05) is 30.3 Å². The molecule has 1 N–H and O–H groups in total. The molecule has 1 aromatic heterocycles. The average molecular weight is 299 g/mol. The second kappa shape index (κ2) is 5.48. The number of aromatic nitrogens is 2. The highest BCUT2D eigenvalue weighted by Crippen LogP contribution is 2.39. The Hall–Kier alpha value is -2.30. The van der Waals surface area contributed by atoms with E-state index in [4.69, 9.17) is 4.74 Å². The highest BCUT2D eigenvalue weighted by molar-refractivity contribution is 5.94. The molecule has 0 aliphatic carbocycles. The van der Waals surface area contributed by atoms with Crippen LogP contribution in [0, 0.1) is 0 Å². The third kappa shape index (κ3) is 2.47. The number of carbonyl (C=O) groups excluding carboxylic acids is 1. The normalized spacial score (nSPS) is 19.1. The van der Waals surface area contributed by atoms with E-state index in [1.165, 1.54) is 5.56 Å². The van der Waals surface area contributed by atoms with Crippen LogP contribution in [0.5, 0.6) is 0 Å². The van der Waals surface area contributed by atoms with Crippen molar-refractivity contribution in [3.05, 3.63) is 47.7 Å². The number of nitrogens with one attached hydrogen (secondary N) is 1. The second-order valence-electron chi connectivity index (χ2n) is 6.16. The van der Waals surface area contributed by atoms with Crippen LogP contribution in [-0.2, 0) is 10.3 Å². The van der Waals surface area contributed by atoms with Gasteiger partial charge in [0.2, 0.25) is 0 Å². The lowest BCUT2D eigenvalue weighted by molar-refractivity contribution is 0.0527. The maximum absolute atomic E-state index is 12.1. The minimum Gasteiger partial charge on any atom is -0.462 e. The van der Waals surface area contributed by atoms with Gasteiger partial charge in [0.15, 0.2) is 0 Å². The molecule has 1 aliphatic heterocycles. The van der Waals surface area contributed by atoms with Crippen molar-refractivity contribution in [2.24, 2.45) is 0 Å². The number of fused-ring (bicyclic) bond motifs is 1. The summed E-state index contributed by atoms with van der Waals surface area (Å²) in [5, 5.41) is 7.85. The number of ether oxygens (including phenoxy) is 1. The Morgan fingerprint density at radius 2 is 2.14 bits per heavy atom. The summed E-state index contributed by atoms with van der Waals surface area (Å²) in [5.41, 5.74) is 1.53. The average Bonchev–Trinajstić information content (AvgIpc) is 2.93. The number of nitrogens with zero attached hydrogens (tertiary/aromatic N) is 2. The molecular weight excluding hydrogens is 278 g/mol. The van der Waals surface area contributed by atoms with Crippen LogP contribution in [0.25, 0.3) is 0 Å². The zero-order valence-electron chi connectivity index (χ0n) is 13.2. The molecule has 0 unspecified atom stereocenters. The molecular formula is C17H21N3O2. The lowest BCUT2D eigenvalue weighted by atomic mass is 9.89. The van der Waals surface area contributed by atoms with Crippen LogP contribution in [0.2, 0.25) is 0 Å². The third-order valence-corrected chi connectivity index (χ3v) is 4.05. The lowest BCUT2D eigenvalue weighted by Crippen LogP contribution is -2.38. The molecule has 0 saturated carbocycles. The highest BCUT2D eigenvalue weighted by atomic mass is 16.5. The fraction of sp³-hybridized carbons (Fsp3) is 0.412. The van der Waals surface area contributed by atoms with Gasteiger partial charge in [0.25, 0.3) is 0 Å². The molecule has 0 bridgehead atoms. The topological polar surface area (TPSA) is 56.1 Å². The second-order valence-corrected chi connectivity index (χ2v) is 6.16. The minimum absolute atomic E-state index is 0.147. The fourth-order valence-electron chi connectivity index (χ4n) is 2.99. The van der Waals surface area contributed by atoms with Crippen LogP contribution < -0.4 is 5.32 Å². The van der Waals surface area contributed by atoms with Crippen LogP contribution in [-0.4, -0.2) is 22.4 Å². The predicted molar refractivity (Wildman–Crippen MR) is 84.9 cm³/mol. The monoisotopic (exact) mass is 299 g/mol. The summed E-state index contributed by atoms with van der Waals surface area (Å²) in [6, 6.07) is 10.4. The Labute approximate surface area is 130 Å². The molecule has 0 fully saturated rings. The van der Waals surface area contributed by atoms with E-state index in [1.54, 1.807) is 13.1 Å². The molecule has 3 rings (SSSR count). The maximum Gasteiger partial charge on any atom is 0.343 e. The Kier molecular flexibility index (Phi) is 3.64. The van der Waals surface area contributed by atoms with Crippen LogP contribution in [0.1, 0.15) is 49.2 Å². The largest absolute Gasteiger partial charge is 0.462 e. The molecule has 116 valence electrons. The highest BCUT2D eigenvalue weighted by Gasteiger charge is 2.36. The van der Waals surface area contributed by atoms with Crippen molar-refractivity contribution in [1.29, 1.82) is 0 Å². The van der Waals surface area contributed by atoms with Gasteiger partial charge in [-0.25, -0.2) is 9.48 Å². The number of carbonyl (C=O) groups is 1. The van der Waals surface area contributed by atoms with E-state index in [-0.39, 0.29) is 17.6 Å². The molecule has 2 aromatic rings. The van der Waals surface area contributed by atoms with Gasteiger partial charge < -0.3 is 10.1 Å². The SMILES string of the molecule is CCOC(=O)c1cnn2c1N[C@H](c1ccccc1)CC2(C)C. The summed E-state index contributed by atoms with van der Waals surface area (Å²) in [5.74, 6) is 0.407. The number of anilines is 1. The predicted octanol–water partition coefficient (Wildman–Crippen LogP) is 3.35. The molecule has 1 atom stereocenters. The molecule has 5 heteroatoms. The molecule has 1 aromatic carbocycles. The molecule has 0 amide bonds. The summed E-state index contributed by atoms with van der Waals surface area (Å²) in [6.07, 6.45) is 2.49. The van der Waals surface area contributed by atoms with Crippen molar-refractivity contribution >= 4 is 11.8 Å². The van der Waals surface area contributed by atoms with E-state index in [9.17, 15) is 4.79 Å². The van der Waals surface area contributed by atoms with Crippen molar-refractivity contribution in [2.75, 3.05) is 11.9 Å². The Bertz CT molecular complexity index is 676. The number of esters is 1. The summed E-state index contributed by atoms with van der Waals surface area (Å²) in [4.78, 5) is 12.1. The van der Waals surface area contributed by atoms with E-state index in [0.717, 1.165) is 12.2 Å². The molecule has 0 spiro atoms. The lowest BCUT2D eigenvalue weighted by Gasteiger charge is -2.38. The third-order valence-electron chi connectivity index (χ3n) is 4.05. The van der Waals surface area contributed by atoms with E-state index in [2.05, 4.69) is 36.4 Å². The molecule has 1 aliphatic rings. The summed E-state index contributed by atoms with van der Waals surface area (Å²) < 4.78 is 7.02. The number of benzene rings is 1.